The van der Waals surface area contributed by atoms with Crippen LogP contribution in [0.5, 0.6) is 0 Å². The molecule has 0 spiro atoms. The van der Waals surface area contributed by atoms with Crippen LogP contribution < -0.4 is 5.32 Å². The number of halogens is 1. The molecule has 0 radical (unpaired) electrons. The summed E-state index contributed by atoms with van der Waals surface area (Å²) in [7, 11) is 1.55. The summed E-state index contributed by atoms with van der Waals surface area (Å²) >= 11 is 0. The zero-order valence-corrected chi connectivity index (χ0v) is 13.2. The second-order valence-corrected chi connectivity index (χ2v) is 5.64. The van der Waals surface area contributed by atoms with E-state index in [1.165, 1.54) is 24.3 Å². The van der Waals surface area contributed by atoms with E-state index in [-0.39, 0.29) is 30.4 Å². The second-order valence-electron chi connectivity index (χ2n) is 5.64. The molecule has 1 aliphatic heterocycles. The van der Waals surface area contributed by atoms with Gasteiger partial charge in [-0.1, -0.05) is 0 Å². The number of Topliss-reactive ketones (excluding diaryl/α,β-unsaturated/α-hetero) is 1. The molecular formula is C17H21FN2O3. The standard InChI is InChI=1S/C17H21FN2O3/c1-19-17(23)14-4-2-3-11-20(14)16(22)10-9-15(21)12-5-7-13(18)8-6-12/h5-8,14H,2-4,9-11H2,1H3,(H,19,23)/t14-/m0/s1. The Morgan fingerprint density at radius 3 is 2.52 bits per heavy atom. The lowest BCUT2D eigenvalue weighted by Gasteiger charge is -2.34. The Balaban J connectivity index is 1.93. The summed E-state index contributed by atoms with van der Waals surface area (Å²) in [5, 5.41) is 2.58. The van der Waals surface area contributed by atoms with Gasteiger partial charge in [0.15, 0.2) is 5.78 Å². The average molecular weight is 320 g/mol. The van der Waals surface area contributed by atoms with Crippen LogP contribution in [0.4, 0.5) is 4.39 Å². The van der Waals surface area contributed by atoms with Gasteiger partial charge in [-0.25, -0.2) is 4.39 Å². The number of rotatable bonds is 5. The summed E-state index contributed by atoms with van der Waals surface area (Å²) in [6, 6.07) is 4.83. The SMILES string of the molecule is CNC(=O)[C@@H]1CCCCN1C(=O)CCC(=O)c1ccc(F)cc1. The van der Waals surface area contributed by atoms with Crippen molar-refractivity contribution in [2.75, 3.05) is 13.6 Å². The molecule has 1 N–H and O–H groups in total. The Kier molecular flexibility index (Phi) is 5.84. The number of hydrogen-bond donors (Lipinski definition) is 1. The zero-order valence-electron chi connectivity index (χ0n) is 13.2. The number of hydrogen-bond acceptors (Lipinski definition) is 3. The minimum Gasteiger partial charge on any atom is -0.357 e. The summed E-state index contributed by atoms with van der Waals surface area (Å²) in [6.07, 6.45) is 2.55. The third-order valence-electron chi connectivity index (χ3n) is 4.10. The molecule has 1 aromatic carbocycles. The van der Waals surface area contributed by atoms with Crippen LogP contribution in [0.15, 0.2) is 24.3 Å². The first kappa shape index (κ1) is 17.1. The molecule has 1 heterocycles. The lowest BCUT2D eigenvalue weighted by molar-refractivity contribution is -0.142. The van der Waals surface area contributed by atoms with Crippen LogP contribution in [0, 0.1) is 5.82 Å². The van der Waals surface area contributed by atoms with Crippen LogP contribution in [-0.2, 0) is 9.59 Å². The van der Waals surface area contributed by atoms with E-state index in [1.54, 1.807) is 11.9 Å². The molecule has 0 saturated carbocycles. The van der Waals surface area contributed by atoms with Gasteiger partial charge in [-0.3, -0.25) is 14.4 Å². The first-order chi connectivity index (χ1) is 11.0. The van der Waals surface area contributed by atoms with Gasteiger partial charge in [0.2, 0.25) is 11.8 Å². The number of ketones is 1. The van der Waals surface area contributed by atoms with Crippen LogP contribution in [-0.4, -0.2) is 42.1 Å². The molecule has 1 aromatic rings. The number of nitrogens with one attached hydrogen (secondary N) is 1. The van der Waals surface area contributed by atoms with E-state index in [0.29, 0.717) is 18.5 Å². The molecule has 0 unspecified atom stereocenters. The molecule has 1 saturated heterocycles. The van der Waals surface area contributed by atoms with Crippen molar-refractivity contribution in [3.8, 4) is 0 Å². The summed E-state index contributed by atoms with van der Waals surface area (Å²) in [6.45, 7) is 0.543. The number of amides is 2. The highest BCUT2D eigenvalue weighted by atomic mass is 19.1. The number of carbonyl (C=O) groups excluding carboxylic acids is 3. The molecule has 124 valence electrons. The van der Waals surface area contributed by atoms with Crippen molar-refractivity contribution in [3.63, 3.8) is 0 Å². The van der Waals surface area contributed by atoms with Gasteiger partial charge >= 0.3 is 0 Å². The highest BCUT2D eigenvalue weighted by Crippen LogP contribution is 2.19. The van der Waals surface area contributed by atoms with Crippen molar-refractivity contribution < 1.29 is 18.8 Å². The molecule has 2 rings (SSSR count). The molecule has 0 aliphatic carbocycles. The molecule has 0 aromatic heterocycles. The predicted molar refractivity (Wildman–Crippen MR) is 83.4 cm³/mol. The molecule has 2 amide bonds. The first-order valence-corrected chi connectivity index (χ1v) is 7.82. The van der Waals surface area contributed by atoms with Gasteiger partial charge in [0, 0.05) is 32.0 Å². The molecule has 5 nitrogen and oxygen atoms in total. The monoisotopic (exact) mass is 320 g/mol. The maximum absolute atomic E-state index is 12.8. The third kappa shape index (κ3) is 4.37. The Bertz CT molecular complexity index is 586. The highest BCUT2D eigenvalue weighted by Gasteiger charge is 2.31. The fourth-order valence-corrected chi connectivity index (χ4v) is 2.81. The minimum absolute atomic E-state index is 0.0570. The third-order valence-corrected chi connectivity index (χ3v) is 4.10. The van der Waals surface area contributed by atoms with Gasteiger partial charge in [0.05, 0.1) is 0 Å². The van der Waals surface area contributed by atoms with Gasteiger partial charge in [-0.2, -0.15) is 0 Å². The molecule has 1 fully saturated rings. The Morgan fingerprint density at radius 2 is 1.87 bits per heavy atom. The summed E-state index contributed by atoms with van der Waals surface area (Å²) in [4.78, 5) is 37.8. The summed E-state index contributed by atoms with van der Waals surface area (Å²) < 4.78 is 12.8. The maximum atomic E-state index is 12.8. The highest BCUT2D eigenvalue weighted by molar-refractivity contribution is 5.98. The summed E-state index contributed by atoms with van der Waals surface area (Å²) in [5.74, 6) is -0.956. The number of carbonyl (C=O) groups is 3. The van der Waals surface area contributed by atoms with E-state index in [0.717, 1.165) is 12.8 Å². The van der Waals surface area contributed by atoms with Crippen molar-refractivity contribution >= 4 is 17.6 Å². The van der Waals surface area contributed by atoms with Crippen molar-refractivity contribution in [1.82, 2.24) is 10.2 Å². The Morgan fingerprint density at radius 1 is 1.17 bits per heavy atom. The van der Waals surface area contributed by atoms with E-state index in [4.69, 9.17) is 0 Å². The molecule has 1 aliphatic rings. The number of piperidine rings is 1. The van der Waals surface area contributed by atoms with Crippen LogP contribution in [0.25, 0.3) is 0 Å². The fraction of sp³-hybridized carbons (Fsp3) is 0.471. The Labute approximate surface area is 134 Å². The first-order valence-electron chi connectivity index (χ1n) is 7.82. The number of nitrogens with zero attached hydrogens (tertiary/aromatic N) is 1. The van der Waals surface area contributed by atoms with Crippen LogP contribution in [0.2, 0.25) is 0 Å². The predicted octanol–water partition coefficient (Wildman–Crippen LogP) is 1.92. The summed E-state index contributed by atoms with van der Waals surface area (Å²) in [5.41, 5.74) is 0.390. The van der Waals surface area contributed by atoms with Crippen LogP contribution >= 0.6 is 0 Å². The molecule has 0 bridgehead atoms. The van der Waals surface area contributed by atoms with E-state index >= 15 is 0 Å². The molecule has 6 heteroatoms. The van der Waals surface area contributed by atoms with Crippen molar-refractivity contribution in [3.05, 3.63) is 35.6 Å². The smallest absolute Gasteiger partial charge is 0.242 e. The number of benzene rings is 1. The van der Waals surface area contributed by atoms with Gasteiger partial charge in [0.25, 0.3) is 0 Å². The number of likely N-dealkylation sites (tertiary alicyclic amines) is 1. The van der Waals surface area contributed by atoms with Crippen LogP contribution in [0.3, 0.4) is 0 Å². The molecular weight excluding hydrogens is 299 g/mol. The van der Waals surface area contributed by atoms with Crippen molar-refractivity contribution in [1.29, 1.82) is 0 Å². The Hall–Kier alpha value is -2.24. The van der Waals surface area contributed by atoms with Crippen molar-refractivity contribution in [2.45, 2.75) is 38.1 Å². The minimum atomic E-state index is -0.442. The van der Waals surface area contributed by atoms with Gasteiger partial charge in [-0.05, 0) is 43.5 Å². The topological polar surface area (TPSA) is 66.5 Å². The lowest BCUT2D eigenvalue weighted by Crippen LogP contribution is -2.51. The normalized spacial score (nSPS) is 17.7. The lowest BCUT2D eigenvalue weighted by atomic mass is 10.00. The maximum Gasteiger partial charge on any atom is 0.242 e. The zero-order chi connectivity index (χ0) is 16.8. The average Bonchev–Trinajstić information content (AvgIpc) is 2.59. The molecule has 1 atom stereocenters. The van der Waals surface area contributed by atoms with Gasteiger partial charge in [-0.15, -0.1) is 0 Å². The fourth-order valence-electron chi connectivity index (χ4n) is 2.81. The van der Waals surface area contributed by atoms with E-state index in [2.05, 4.69) is 5.32 Å². The molecule has 23 heavy (non-hydrogen) atoms. The largest absolute Gasteiger partial charge is 0.357 e. The quantitative estimate of drug-likeness (QED) is 0.843. The van der Waals surface area contributed by atoms with Crippen LogP contribution in [0.1, 0.15) is 42.5 Å². The van der Waals surface area contributed by atoms with Gasteiger partial charge in [0.1, 0.15) is 11.9 Å². The van der Waals surface area contributed by atoms with E-state index in [9.17, 15) is 18.8 Å². The second kappa shape index (κ2) is 7.85. The van der Waals surface area contributed by atoms with Crippen molar-refractivity contribution in [2.24, 2.45) is 0 Å². The number of likely N-dealkylation sites (N-methyl/N-ethyl adjacent to an activating group) is 1. The van der Waals surface area contributed by atoms with E-state index < -0.39 is 11.9 Å². The van der Waals surface area contributed by atoms with Gasteiger partial charge < -0.3 is 10.2 Å². The van der Waals surface area contributed by atoms with E-state index in [1.807, 2.05) is 0 Å².